The van der Waals surface area contributed by atoms with E-state index in [1.807, 2.05) is 22.9 Å². The molecule has 2 atom stereocenters. The lowest BCUT2D eigenvalue weighted by atomic mass is 9.93. The Labute approximate surface area is 155 Å². The molecule has 2 aliphatic heterocycles. The van der Waals surface area contributed by atoms with Crippen molar-refractivity contribution in [3.63, 3.8) is 0 Å². The standard InChI is InChI=1S/C19H18N4O2S/c20-9-14-13-4-2-1-3-5-17(13)26-19(14)23-18(21-10-22-23)12-6-7-15-16(8-12)25-11-24-15/h6-8,10,13,17H,1-5,11H2/t13-,17-/m1/s1. The summed E-state index contributed by atoms with van der Waals surface area (Å²) in [4.78, 5) is 4.46. The molecule has 5 rings (SSSR count). The number of allylic oxidation sites excluding steroid dienone is 1. The van der Waals surface area contributed by atoms with Gasteiger partial charge >= 0.3 is 0 Å². The van der Waals surface area contributed by atoms with Crippen LogP contribution in [0.15, 0.2) is 30.1 Å². The van der Waals surface area contributed by atoms with E-state index in [2.05, 4.69) is 16.2 Å². The van der Waals surface area contributed by atoms with Crippen LogP contribution in [0.1, 0.15) is 32.1 Å². The monoisotopic (exact) mass is 366 g/mol. The number of nitrogens with zero attached hydrogens (tertiary/aromatic N) is 4. The average molecular weight is 366 g/mol. The fourth-order valence-corrected chi connectivity index (χ4v) is 5.59. The summed E-state index contributed by atoms with van der Waals surface area (Å²) in [5, 5.41) is 15.7. The van der Waals surface area contributed by atoms with Crippen molar-refractivity contribution in [3.8, 4) is 29.0 Å². The molecule has 0 bridgehead atoms. The Morgan fingerprint density at radius 1 is 1.15 bits per heavy atom. The fourth-order valence-electron chi connectivity index (χ4n) is 4.03. The molecule has 3 aliphatic rings. The number of ether oxygens (including phenoxy) is 2. The maximum atomic E-state index is 9.84. The maximum absolute atomic E-state index is 9.84. The normalized spacial score (nSPS) is 24.3. The van der Waals surface area contributed by atoms with E-state index in [1.54, 1.807) is 18.1 Å². The quantitative estimate of drug-likeness (QED) is 0.798. The number of rotatable bonds is 2. The first-order valence-electron chi connectivity index (χ1n) is 8.96. The molecule has 3 heterocycles. The van der Waals surface area contributed by atoms with Crippen molar-refractivity contribution in [1.29, 1.82) is 5.26 Å². The van der Waals surface area contributed by atoms with E-state index in [0.29, 0.717) is 11.2 Å². The van der Waals surface area contributed by atoms with Gasteiger partial charge in [-0.2, -0.15) is 10.4 Å². The van der Waals surface area contributed by atoms with Crippen LogP contribution in [0.3, 0.4) is 0 Å². The van der Waals surface area contributed by atoms with Crippen molar-refractivity contribution >= 4 is 16.8 Å². The molecule has 1 fully saturated rings. The SMILES string of the molecule is N#CC1=C(n2ncnc2-c2ccc3c(c2)OCO3)S[C@@H]2CCCCC[C@H]12. The first-order chi connectivity index (χ1) is 12.8. The summed E-state index contributed by atoms with van der Waals surface area (Å²) in [6, 6.07) is 8.25. The van der Waals surface area contributed by atoms with Gasteiger partial charge in [0.05, 0.1) is 11.6 Å². The Balaban J connectivity index is 1.56. The van der Waals surface area contributed by atoms with Crippen molar-refractivity contribution in [2.75, 3.05) is 6.79 Å². The molecular formula is C19H18N4O2S. The molecule has 1 aromatic heterocycles. The zero-order chi connectivity index (χ0) is 17.5. The van der Waals surface area contributed by atoms with Crippen molar-refractivity contribution in [1.82, 2.24) is 14.8 Å². The largest absolute Gasteiger partial charge is 0.454 e. The van der Waals surface area contributed by atoms with Gasteiger partial charge in [0.15, 0.2) is 17.3 Å². The molecule has 0 unspecified atom stereocenters. The summed E-state index contributed by atoms with van der Waals surface area (Å²) in [5.74, 6) is 2.54. The third-order valence-corrected chi connectivity index (χ3v) is 6.79. The molecule has 0 spiro atoms. The van der Waals surface area contributed by atoms with E-state index >= 15 is 0 Å². The average Bonchev–Trinajstić information content (AvgIpc) is 3.35. The Bertz CT molecular complexity index is 930. The van der Waals surface area contributed by atoms with Crippen molar-refractivity contribution in [3.05, 3.63) is 30.1 Å². The molecule has 6 nitrogen and oxygen atoms in total. The highest BCUT2D eigenvalue weighted by Gasteiger charge is 2.38. The van der Waals surface area contributed by atoms with Gasteiger partial charge in [0, 0.05) is 16.7 Å². The molecule has 0 saturated heterocycles. The molecule has 7 heteroatoms. The molecule has 1 aromatic carbocycles. The number of thioether (sulfide) groups is 1. The predicted octanol–water partition coefficient (Wildman–Crippen LogP) is 4.06. The maximum Gasteiger partial charge on any atom is 0.231 e. The van der Waals surface area contributed by atoms with Crippen molar-refractivity contribution in [2.45, 2.75) is 37.4 Å². The van der Waals surface area contributed by atoms with Crippen LogP contribution in [-0.2, 0) is 0 Å². The zero-order valence-corrected chi connectivity index (χ0v) is 15.0. The minimum Gasteiger partial charge on any atom is -0.454 e. The van der Waals surface area contributed by atoms with Crippen molar-refractivity contribution < 1.29 is 9.47 Å². The number of aromatic nitrogens is 3. The summed E-state index contributed by atoms with van der Waals surface area (Å²) in [5.41, 5.74) is 1.78. The van der Waals surface area contributed by atoms with Gasteiger partial charge < -0.3 is 9.47 Å². The van der Waals surface area contributed by atoms with Gasteiger partial charge in [-0.1, -0.05) is 19.3 Å². The van der Waals surface area contributed by atoms with Crippen LogP contribution >= 0.6 is 11.8 Å². The van der Waals surface area contributed by atoms with E-state index in [-0.39, 0.29) is 6.79 Å². The van der Waals surface area contributed by atoms with E-state index in [0.717, 1.165) is 46.3 Å². The van der Waals surface area contributed by atoms with Gasteiger partial charge in [0.2, 0.25) is 6.79 Å². The summed E-state index contributed by atoms with van der Waals surface area (Å²) in [7, 11) is 0. The van der Waals surface area contributed by atoms with E-state index in [4.69, 9.17) is 9.47 Å². The first-order valence-corrected chi connectivity index (χ1v) is 9.84. The second-order valence-electron chi connectivity index (χ2n) is 6.79. The fraction of sp³-hybridized carbons (Fsp3) is 0.421. The van der Waals surface area contributed by atoms with Crippen LogP contribution in [0.2, 0.25) is 0 Å². The minimum atomic E-state index is 0.244. The van der Waals surface area contributed by atoms with Crippen LogP contribution in [0.25, 0.3) is 16.4 Å². The predicted molar refractivity (Wildman–Crippen MR) is 98.4 cm³/mol. The number of hydrogen-bond donors (Lipinski definition) is 0. The highest BCUT2D eigenvalue weighted by atomic mass is 32.2. The third-order valence-electron chi connectivity index (χ3n) is 5.31. The summed E-state index contributed by atoms with van der Waals surface area (Å²) >= 11 is 1.79. The topological polar surface area (TPSA) is 73.0 Å². The second kappa shape index (κ2) is 6.36. The van der Waals surface area contributed by atoms with Gasteiger partial charge in [-0.25, -0.2) is 9.67 Å². The first kappa shape index (κ1) is 15.8. The van der Waals surface area contributed by atoms with Crippen LogP contribution in [0, 0.1) is 17.2 Å². The lowest BCUT2D eigenvalue weighted by molar-refractivity contribution is 0.174. The molecule has 2 aromatic rings. The number of fused-ring (bicyclic) bond motifs is 2. The summed E-state index contributed by atoms with van der Waals surface area (Å²) in [6.45, 7) is 0.244. The molecular weight excluding hydrogens is 348 g/mol. The molecule has 26 heavy (non-hydrogen) atoms. The lowest BCUT2D eigenvalue weighted by Crippen LogP contribution is -2.12. The molecule has 132 valence electrons. The van der Waals surface area contributed by atoms with E-state index < -0.39 is 0 Å². The Morgan fingerprint density at radius 2 is 2.04 bits per heavy atom. The van der Waals surface area contributed by atoms with Crippen LogP contribution in [0.5, 0.6) is 11.5 Å². The Morgan fingerprint density at radius 3 is 2.96 bits per heavy atom. The van der Waals surface area contributed by atoms with Crippen LogP contribution in [0.4, 0.5) is 0 Å². The zero-order valence-electron chi connectivity index (χ0n) is 14.2. The highest BCUT2D eigenvalue weighted by Crippen LogP contribution is 2.50. The van der Waals surface area contributed by atoms with Gasteiger partial charge in [-0.15, -0.1) is 11.8 Å². The second-order valence-corrected chi connectivity index (χ2v) is 8.02. The highest BCUT2D eigenvalue weighted by molar-refractivity contribution is 8.08. The number of nitriles is 1. The van der Waals surface area contributed by atoms with Crippen LogP contribution in [-0.4, -0.2) is 26.8 Å². The number of hydrogen-bond acceptors (Lipinski definition) is 6. The summed E-state index contributed by atoms with van der Waals surface area (Å²) < 4.78 is 12.7. The third kappa shape index (κ3) is 2.48. The van der Waals surface area contributed by atoms with E-state index in [9.17, 15) is 5.26 Å². The molecule has 1 aliphatic carbocycles. The minimum absolute atomic E-state index is 0.244. The smallest absolute Gasteiger partial charge is 0.231 e. The van der Waals surface area contributed by atoms with Crippen LogP contribution < -0.4 is 9.47 Å². The molecule has 0 amide bonds. The summed E-state index contributed by atoms with van der Waals surface area (Å²) in [6.07, 6.45) is 7.53. The van der Waals surface area contributed by atoms with Gasteiger partial charge in [-0.05, 0) is 31.0 Å². The lowest BCUT2D eigenvalue weighted by Gasteiger charge is -2.14. The van der Waals surface area contributed by atoms with Crippen molar-refractivity contribution in [2.24, 2.45) is 5.92 Å². The van der Waals surface area contributed by atoms with E-state index in [1.165, 1.54) is 19.3 Å². The molecule has 0 N–H and O–H groups in total. The van der Waals surface area contributed by atoms with Gasteiger partial charge in [-0.3, -0.25) is 0 Å². The molecule has 1 saturated carbocycles. The van der Waals surface area contributed by atoms with Gasteiger partial charge in [0.25, 0.3) is 0 Å². The van der Waals surface area contributed by atoms with Gasteiger partial charge in [0.1, 0.15) is 11.4 Å². The number of benzene rings is 1. The Kier molecular flexibility index (Phi) is 3.86. The molecule has 0 radical (unpaired) electrons. The Hall–Kier alpha value is -2.46.